The molecule has 0 radical (unpaired) electrons. The van der Waals surface area contributed by atoms with E-state index in [1.165, 1.54) is 6.21 Å². The van der Waals surface area contributed by atoms with Crippen molar-refractivity contribution in [2.75, 3.05) is 13.7 Å². The smallest absolute Gasteiger partial charge is 0.343 e. The molecule has 36 heavy (non-hydrogen) atoms. The van der Waals surface area contributed by atoms with Crippen LogP contribution in [0.5, 0.6) is 17.2 Å². The summed E-state index contributed by atoms with van der Waals surface area (Å²) >= 11 is 0. The molecule has 0 saturated carbocycles. The molecule has 7 heteroatoms. The number of benzene rings is 4. The van der Waals surface area contributed by atoms with E-state index in [4.69, 9.17) is 14.2 Å². The fourth-order valence-corrected chi connectivity index (χ4v) is 3.68. The zero-order valence-corrected chi connectivity index (χ0v) is 20.1. The molecule has 0 unspecified atom stereocenters. The molecule has 0 aliphatic heterocycles. The van der Waals surface area contributed by atoms with Gasteiger partial charge in [-0.3, -0.25) is 4.79 Å². The molecular formula is C29H26N2O5. The molecule has 0 aliphatic carbocycles. The molecule has 4 rings (SSSR count). The molecular weight excluding hydrogens is 456 g/mol. The van der Waals surface area contributed by atoms with Gasteiger partial charge in [0, 0.05) is 0 Å². The first-order chi connectivity index (χ1) is 17.6. The Morgan fingerprint density at radius 1 is 0.917 bits per heavy atom. The van der Waals surface area contributed by atoms with Gasteiger partial charge in [0.05, 0.1) is 31.9 Å². The fourth-order valence-electron chi connectivity index (χ4n) is 3.68. The van der Waals surface area contributed by atoms with Gasteiger partial charge in [-0.2, -0.15) is 5.10 Å². The topological polar surface area (TPSA) is 86.2 Å². The Hall–Kier alpha value is -4.65. The third kappa shape index (κ3) is 6.07. The standard InChI is InChI=1S/C29H26N2O5/c1-3-35-27-17-20(11-16-26(27)36-29(33)22-12-14-24(34-2)15-13-22)19-30-31-28(32)18-23-9-6-8-21-7-4-5-10-25(21)23/h4-17,19H,3,18H2,1-2H3,(H,31,32)/b30-19-. The average molecular weight is 483 g/mol. The van der Waals surface area contributed by atoms with Gasteiger partial charge in [-0.25, -0.2) is 10.2 Å². The number of ether oxygens (including phenoxy) is 3. The number of amides is 1. The number of esters is 1. The Bertz CT molecular complexity index is 1390. The number of rotatable bonds is 9. The molecule has 0 bridgehead atoms. The van der Waals surface area contributed by atoms with Gasteiger partial charge in [0.2, 0.25) is 5.91 Å². The number of hydrogen-bond acceptors (Lipinski definition) is 6. The Morgan fingerprint density at radius 2 is 1.69 bits per heavy atom. The normalized spacial score (nSPS) is 10.8. The summed E-state index contributed by atoms with van der Waals surface area (Å²) in [6, 6.07) is 25.5. The van der Waals surface area contributed by atoms with E-state index in [-0.39, 0.29) is 18.1 Å². The van der Waals surface area contributed by atoms with Crippen LogP contribution in [0.15, 0.2) is 90.0 Å². The van der Waals surface area contributed by atoms with E-state index in [2.05, 4.69) is 10.5 Å². The largest absolute Gasteiger partial charge is 0.497 e. The molecule has 182 valence electrons. The second-order valence-corrected chi connectivity index (χ2v) is 7.87. The van der Waals surface area contributed by atoms with Gasteiger partial charge >= 0.3 is 5.97 Å². The number of nitrogens with zero attached hydrogens (tertiary/aromatic N) is 1. The van der Waals surface area contributed by atoms with Gasteiger partial charge in [0.1, 0.15) is 5.75 Å². The highest BCUT2D eigenvalue weighted by atomic mass is 16.6. The molecule has 0 atom stereocenters. The van der Waals surface area contributed by atoms with E-state index in [1.807, 2.05) is 49.4 Å². The quantitative estimate of drug-likeness (QED) is 0.154. The molecule has 1 N–H and O–H groups in total. The fraction of sp³-hybridized carbons (Fsp3) is 0.138. The van der Waals surface area contributed by atoms with Gasteiger partial charge in [-0.05, 0) is 71.3 Å². The number of methoxy groups -OCH3 is 1. The van der Waals surface area contributed by atoms with Gasteiger partial charge in [0.25, 0.3) is 0 Å². The average Bonchev–Trinajstić information content (AvgIpc) is 2.90. The van der Waals surface area contributed by atoms with Crippen molar-refractivity contribution in [2.45, 2.75) is 13.3 Å². The number of carbonyl (C=O) groups is 2. The van der Waals surface area contributed by atoms with Crippen LogP contribution in [0.3, 0.4) is 0 Å². The van der Waals surface area contributed by atoms with Crippen molar-refractivity contribution in [3.63, 3.8) is 0 Å². The molecule has 0 fully saturated rings. The zero-order valence-electron chi connectivity index (χ0n) is 20.1. The van der Waals surface area contributed by atoms with Crippen LogP contribution in [0, 0.1) is 0 Å². The predicted molar refractivity (Wildman–Crippen MR) is 139 cm³/mol. The number of carbonyl (C=O) groups excluding carboxylic acids is 2. The Labute approximate surface area is 209 Å². The van der Waals surface area contributed by atoms with E-state index in [0.717, 1.165) is 16.3 Å². The van der Waals surface area contributed by atoms with Gasteiger partial charge in [0.15, 0.2) is 11.5 Å². The first-order valence-electron chi connectivity index (χ1n) is 11.5. The zero-order chi connectivity index (χ0) is 25.3. The second-order valence-electron chi connectivity index (χ2n) is 7.87. The van der Waals surface area contributed by atoms with Gasteiger partial charge < -0.3 is 14.2 Å². The molecule has 4 aromatic rings. The number of hydrazone groups is 1. The molecule has 7 nitrogen and oxygen atoms in total. The first kappa shape index (κ1) is 24.5. The lowest BCUT2D eigenvalue weighted by Crippen LogP contribution is -2.19. The summed E-state index contributed by atoms with van der Waals surface area (Å²) in [6.45, 7) is 2.22. The first-order valence-corrected chi connectivity index (χ1v) is 11.5. The maximum atomic E-state index is 12.5. The van der Waals surface area contributed by atoms with Crippen molar-refractivity contribution in [1.82, 2.24) is 5.43 Å². The van der Waals surface area contributed by atoms with Crippen molar-refractivity contribution < 1.29 is 23.8 Å². The summed E-state index contributed by atoms with van der Waals surface area (Å²) in [5.41, 5.74) is 4.56. The summed E-state index contributed by atoms with van der Waals surface area (Å²) in [6.07, 6.45) is 1.72. The maximum absolute atomic E-state index is 12.5. The minimum atomic E-state index is -0.513. The lowest BCUT2D eigenvalue weighted by atomic mass is 10.0. The molecule has 0 heterocycles. The monoisotopic (exact) mass is 482 g/mol. The highest BCUT2D eigenvalue weighted by molar-refractivity contribution is 5.92. The third-order valence-electron chi connectivity index (χ3n) is 5.43. The van der Waals surface area contributed by atoms with Crippen molar-refractivity contribution in [3.05, 3.63) is 102 Å². The number of fused-ring (bicyclic) bond motifs is 1. The van der Waals surface area contributed by atoms with E-state index in [1.54, 1.807) is 49.6 Å². The lowest BCUT2D eigenvalue weighted by Gasteiger charge is -2.11. The van der Waals surface area contributed by atoms with E-state index in [9.17, 15) is 9.59 Å². The molecule has 0 spiro atoms. The minimum Gasteiger partial charge on any atom is -0.497 e. The maximum Gasteiger partial charge on any atom is 0.343 e. The van der Waals surface area contributed by atoms with Crippen molar-refractivity contribution in [2.24, 2.45) is 5.10 Å². The Balaban J connectivity index is 1.41. The van der Waals surface area contributed by atoms with Crippen LogP contribution in [0.4, 0.5) is 0 Å². The number of nitrogens with one attached hydrogen (secondary N) is 1. The van der Waals surface area contributed by atoms with Crippen LogP contribution in [-0.2, 0) is 11.2 Å². The Kier molecular flexibility index (Phi) is 7.93. The molecule has 1 amide bonds. The van der Waals surface area contributed by atoms with Gasteiger partial charge in [-0.1, -0.05) is 42.5 Å². The molecule has 0 aromatic heterocycles. The van der Waals surface area contributed by atoms with Crippen molar-refractivity contribution in [3.8, 4) is 17.2 Å². The predicted octanol–water partition coefficient (Wildman–Crippen LogP) is 5.16. The van der Waals surface area contributed by atoms with Crippen LogP contribution < -0.4 is 19.6 Å². The van der Waals surface area contributed by atoms with Crippen LogP contribution in [-0.4, -0.2) is 31.8 Å². The highest BCUT2D eigenvalue weighted by Gasteiger charge is 2.13. The third-order valence-corrected chi connectivity index (χ3v) is 5.43. The van der Waals surface area contributed by atoms with Crippen LogP contribution >= 0.6 is 0 Å². The number of hydrogen-bond donors (Lipinski definition) is 1. The van der Waals surface area contributed by atoms with Gasteiger partial charge in [-0.15, -0.1) is 0 Å². The van der Waals surface area contributed by atoms with Crippen LogP contribution in [0.1, 0.15) is 28.4 Å². The van der Waals surface area contributed by atoms with E-state index in [0.29, 0.717) is 29.2 Å². The van der Waals surface area contributed by atoms with Crippen LogP contribution in [0.25, 0.3) is 10.8 Å². The summed E-state index contributed by atoms with van der Waals surface area (Å²) in [4.78, 5) is 25.0. The molecule has 0 aliphatic rings. The van der Waals surface area contributed by atoms with Crippen molar-refractivity contribution >= 4 is 28.9 Å². The molecule has 0 saturated heterocycles. The second kappa shape index (κ2) is 11.7. The highest BCUT2D eigenvalue weighted by Crippen LogP contribution is 2.29. The van der Waals surface area contributed by atoms with Crippen molar-refractivity contribution in [1.29, 1.82) is 0 Å². The summed E-state index contributed by atoms with van der Waals surface area (Å²) in [5, 5.41) is 6.20. The van der Waals surface area contributed by atoms with E-state index < -0.39 is 5.97 Å². The Morgan fingerprint density at radius 3 is 2.47 bits per heavy atom. The summed E-state index contributed by atoms with van der Waals surface area (Å²) in [5.74, 6) is 0.591. The summed E-state index contributed by atoms with van der Waals surface area (Å²) < 4.78 is 16.3. The molecule has 4 aromatic carbocycles. The van der Waals surface area contributed by atoms with E-state index >= 15 is 0 Å². The minimum absolute atomic E-state index is 0.211. The SMILES string of the molecule is CCOc1cc(/C=N\NC(=O)Cc2cccc3ccccc23)ccc1OC(=O)c1ccc(OC)cc1. The lowest BCUT2D eigenvalue weighted by molar-refractivity contribution is -0.120. The van der Waals surface area contributed by atoms with Crippen LogP contribution in [0.2, 0.25) is 0 Å². The summed E-state index contributed by atoms with van der Waals surface area (Å²) in [7, 11) is 1.56.